The zero-order valence-electron chi connectivity index (χ0n) is 17.6. The van der Waals surface area contributed by atoms with Gasteiger partial charge in [-0.05, 0) is 35.9 Å². The summed E-state index contributed by atoms with van der Waals surface area (Å²) in [5.74, 6) is -0.292. The van der Waals surface area contributed by atoms with Gasteiger partial charge in [0.15, 0.2) is 0 Å². The van der Waals surface area contributed by atoms with E-state index in [4.69, 9.17) is 0 Å². The van der Waals surface area contributed by atoms with Crippen molar-refractivity contribution in [3.8, 4) is 5.75 Å². The standard InChI is InChI=1S/C26H23N3O3/c1-17-11-13-19(14-12-17)27-26(31)24(15-18-7-3-2-4-8-18)28-23-16-22(29-32)20-9-5-6-10-21(20)25(23)30/h2-14,16,24,28,30H,15H2,1H3,(H,27,31). The van der Waals surface area contributed by atoms with E-state index in [0.29, 0.717) is 22.9 Å². The molecule has 1 atom stereocenters. The Morgan fingerprint density at radius 2 is 1.59 bits per heavy atom. The molecule has 6 nitrogen and oxygen atoms in total. The molecule has 4 aromatic rings. The molecule has 1 unspecified atom stereocenters. The Kier molecular flexibility index (Phi) is 6.12. The summed E-state index contributed by atoms with van der Waals surface area (Å²) in [6, 6.07) is 24.9. The molecule has 0 radical (unpaired) electrons. The predicted octanol–water partition coefficient (Wildman–Crippen LogP) is 5.91. The molecular formula is C26H23N3O3. The molecule has 0 saturated carbocycles. The first-order chi connectivity index (χ1) is 15.5. The molecule has 6 heteroatoms. The fourth-order valence-electron chi connectivity index (χ4n) is 3.64. The van der Waals surface area contributed by atoms with Gasteiger partial charge in [-0.1, -0.05) is 72.3 Å². The van der Waals surface area contributed by atoms with E-state index in [1.807, 2.05) is 61.5 Å². The van der Waals surface area contributed by atoms with Crippen molar-refractivity contribution < 1.29 is 9.90 Å². The van der Waals surface area contributed by atoms with E-state index in [0.717, 1.165) is 11.1 Å². The van der Waals surface area contributed by atoms with Crippen molar-refractivity contribution in [2.24, 2.45) is 5.18 Å². The number of nitroso groups, excluding NO2 is 1. The van der Waals surface area contributed by atoms with Gasteiger partial charge in [-0.25, -0.2) is 0 Å². The van der Waals surface area contributed by atoms with Gasteiger partial charge in [0.25, 0.3) is 0 Å². The summed E-state index contributed by atoms with van der Waals surface area (Å²) in [6.45, 7) is 1.98. The van der Waals surface area contributed by atoms with E-state index in [1.165, 1.54) is 6.07 Å². The molecule has 0 aliphatic carbocycles. The maximum atomic E-state index is 13.2. The highest BCUT2D eigenvalue weighted by atomic mass is 16.3. The quantitative estimate of drug-likeness (QED) is 0.253. The number of hydrogen-bond donors (Lipinski definition) is 3. The van der Waals surface area contributed by atoms with Gasteiger partial charge in [-0.15, -0.1) is 4.91 Å². The van der Waals surface area contributed by atoms with Crippen LogP contribution in [0.1, 0.15) is 11.1 Å². The molecule has 1 amide bonds. The number of carbonyl (C=O) groups excluding carboxylic acids is 1. The van der Waals surface area contributed by atoms with Crippen molar-refractivity contribution in [2.75, 3.05) is 10.6 Å². The summed E-state index contributed by atoms with van der Waals surface area (Å²) < 4.78 is 0. The molecule has 4 aromatic carbocycles. The highest BCUT2D eigenvalue weighted by Gasteiger charge is 2.22. The number of nitrogens with zero attached hydrogens (tertiary/aromatic N) is 1. The van der Waals surface area contributed by atoms with Gasteiger partial charge in [0, 0.05) is 22.9 Å². The summed E-state index contributed by atoms with van der Waals surface area (Å²) in [6.07, 6.45) is 0.384. The second kappa shape index (κ2) is 9.31. The van der Waals surface area contributed by atoms with E-state index in [2.05, 4.69) is 15.8 Å². The Labute approximate surface area is 185 Å². The Bertz CT molecular complexity index is 1250. The molecule has 0 aliphatic heterocycles. The molecule has 0 saturated heterocycles. The largest absolute Gasteiger partial charge is 0.505 e. The first-order valence-corrected chi connectivity index (χ1v) is 10.3. The van der Waals surface area contributed by atoms with E-state index >= 15 is 0 Å². The average Bonchev–Trinajstić information content (AvgIpc) is 2.82. The van der Waals surface area contributed by atoms with Crippen molar-refractivity contribution in [1.82, 2.24) is 0 Å². The topological polar surface area (TPSA) is 90.8 Å². The predicted molar refractivity (Wildman–Crippen MR) is 128 cm³/mol. The molecule has 0 heterocycles. The van der Waals surface area contributed by atoms with Gasteiger partial charge in [-0.2, -0.15) is 0 Å². The molecule has 4 rings (SSSR count). The first-order valence-electron chi connectivity index (χ1n) is 10.3. The summed E-state index contributed by atoms with van der Waals surface area (Å²) in [7, 11) is 0. The molecule has 0 aliphatic rings. The number of rotatable bonds is 7. The van der Waals surface area contributed by atoms with Crippen molar-refractivity contribution >= 4 is 33.7 Å². The number of fused-ring (bicyclic) bond motifs is 1. The van der Waals surface area contributed by atoms with Crippen molar-refractivity contribution in [1.29, 1.82) is 0 Å². The Balaban J connectivity index is 1.68. The van der Waals surface area contributed by atoms with Crippen LogP contribution in [0.15, 0.2) is 90.1 Å². The Hall–Kier alpha value is -4.19. The molecule has 160 valence electrons. The minimum Gasteiger partial charge on any atom is -0.505 e. The number of carbonyl (C=O) groups is 1. The number of phenols is 1. The Morgan fingerprint density at radius 3 is 2.28 bits per heavy atom. The number of amides is 1. The van der Waals surface area contributed by atoms with Crippen LogP contribution in [-0.2, 0) is 11.2 Å². The number of hydrogen-bond acceptors (Lipinski definition) is 5. The van der Waals surface area contributed by atoms with Crippen molar-refractivity contribution in [2.45, 2.75) is 19.4 Å². The van der Waals surface area contributed by atoms with Gasteiger partial charge < -0.3 is 15.7 Å². The zero-order valence-corrected chi connectivity index (χ0v) is 17.6. The summed E-state index contributed by atoms with van der Waals surface area (Å²) >= 11 is 0. The minimum absolute atomic E-state index is 0.0332. The molecule has 0 spiro atoms. The van der Waals surface area contributed by atoms with E-state index in [1.54, 1.807) is 24.3 Å². The fraction of sp³-hybridized carbons (Fsp3) is 0.115. The lowest BCUT2D eigenvalue weighted by molar-refractivity contribution is -0.116. The maximum absolute atomic E-state index is 13.2. The number of nitrogens with one attached hydrogen (secondary N) is 2. The molecule has 0 aromatic heterocycles. The summed E-state index contributed by atoms with van der Waals surface area (Å²) in [4.78, 5) is 24.6. The second-order valence-corrected chi connectivity index (χ2v) is 7.67. The normalized spacial score (nSPS) is 11.7. The van der Waals surface area contributed by atoms with Crippen LogP contribution in [0.5, 0.6) is 5.75 Å². The maximum Gasteiger partial charge on any atom is 0.247 e. The van der Waals surface area contributed by atoms with Gasteiger partial charge in [0.2, 0.25) is 5.91 Å². The van der Waals surface area contributed by atoms with Crippen LogP contribution in [0.25, 0.3) is 10.8 Å². The summed E-state index contributed by atoms with van der Waals surface area (Å²) in [5.41, 5.74) is 3.20. The SMILES string of the molecule is Cc1ccc(NC(=O)C(Cc2ccccc2)Nc2cc(N=O)c3ccccc3c2O)cc1. The first kappa shape index (κ1) is 21.1. The monoisotopic (exact) mass is 425 g/mol. The van der Waals surface area contributed by atoms with E-state index in [9.17, 15) is 14.8 Å². The van der Waals surface area contributed by atoms with E-state index in [-0.39, 0.29) is 23.0 Å². The molecule has 3 N–H and O–H groups in total. The van der Waals surface area contributed by atoms with Crippen LogP contribution in [0, 0.1) is 11.8 Å². The van der Waals surface area contributed by atoms with Crippen molar-refractivity contribution in [3.05, 3.63) is 101 Å². The van der Waals surface area contributed by atoms with Gasteiger partial charge >= 0.3 is 0 Å². The highest BCUT2D eigenvalue weighted by Crippen LogP contribution is 2.39. The van der Waals surface area contributed by atoms with Gasteiger partial charge in [-0.3, -0.25) is 4.79 Å². The molecular weight excluding hydrogens is 402 g/mol. The second-order valence-electron chi connectivity index (χ2n) is 7.67. The van der Waals surface area contributed by atoms with Gasteiger partial charge in [0.1, 0.15) is 17.5 Å². The van der Waals surface area contributed by atoms with Crippen LogP contribution in [0.3, 0.4) is 0 Å². The minimum atomic E-state index is -0.703. The zero-order chi connectivity index (χ0) is 22.5. The number of phenolic OH excluding ortho intramolecular Hbond substituents is 1. The number of aryl methyl sites for hydroxylation is 1. The number of benzene rings is 4. The lowest BCUT2D eigenvalue weighted by Crippen LogP contribution is -2.36. The fourth-order valence-corrected chi connectivity index (χ4v) is 3.64. The molecule has 32 heavy (non-hydrogen) atoms. The summed E-state index contributed by atoms with van der Waals surface area (Å²) in [5, 5.41) is 21.1. The molecule has 0 fully saturated rings. The van der Waals surface area contributed by atoms with Gasteiger partial charge in [0.05, 0.1) is 5.69 Å². The number of aromatic hydroxyl groups is 1. The van der Waals surface area contributed by atoms with E-state index < -0.39 is 6.04 Å². The van der Waals surface area contributed by atoms with Crippen LogP contribution in [-0.4, -0.2) is 17.1 Å². The van der Waals surface area contributed by atoms with Crippen LogP contribution < -0.4 is 10.6 Å². The molecule has 0 bridgehead atoms. The van der Waals surface area contributed by atoms with Crippen molar-refractivity contribution in [3.63, 3.8) is 0 Å². The van der Waals surface area contributed by atoms with Crippen LogP contribution in [0.4, 0.5) is 17.1 Å². The number of anilines is 2. The lowest BCUT2D eigenvalue weighted by Gasteiger charge is -2.21. The lowest BCUT2D eigenvalue weighted by atomic mass is 10.0. The highest BCUT2D eigenvalue weighted by molar-refractivity contribution is 6.02. The third-order valence-corrected chi connectivity index (χ3v) is 5.34. The van der Waals surface area contributed by atoms with Crippen LogP contribution >= 0.6 is 0 Å². The Morgan fingerprint density at radius 1 is 0.938 bits per heavy atom. The third kappa shape index (κ3) is 4.59. The van der Waals surface area contributed by atoms with Crippen LogP contribution in [0.2, 0.25) is 0 Å². The smallest absolute Gasteiger partial charge is 0.247 e. The average molecular weight is 425 g/mol. The third-order valence-electron chi connectivity index (χ3n) is 5.34.